The van der Waals surface area contributed by atoms with Gasteiger partial charge in [-0.15, -0.1) is 0 Å². The Kier molecular flexibility index (Phi) is 3.56. The Balaban J connectivity index is 1.41. The molecule has 0 bridgehead atoms. The van der Waals surface area contributed by atoms with Crippen LogP contribution in [0.3, 0.4) is 0 Å². The van der Waals surface area contributed by atoms with Gasteiger partial charge < -0.3 is 5.32 Å². The van der Waals surface area contributed by atoms with Crippen LogP contribution in [0, 0.1) is 5.92 Å². The maximum atomic E-state index is 3.75. The summed E-state index contributed by atoms with van der Waals surface area (Å²) in [5.74, 6) is 2.57. The van der Waals surface area contributed by atoms with Crippen molar-refractivity contribution in [3.8, 4) is 0 Å². The number of rotatable bonds is 5. The first-order valence-corrected chi connectivity index (χ1v) is 8.73. The predicted octanol–water partition coefficient (Wildman–Crippen LogP) is 4.59. The van der Waals surface area contributed by atoms with Crippen LogP contribution >= 0.6 is 0 Å². The van der Waals surface area contributed by atoms with E-state index in [1.165, 1.54) is 57.9 Å². The van der Waals surface area contributed by atoms with Gasteiger partial charge in [0.05, 0.1) is 0 Å². The largest absolute Gasteiger partial charge is 0.314 e. The molecule has 108 valence electrons. The normalized spacial score (nSPS) is 30.4. The minimum absolute atomic E-state index is 0.816. The topological polar surface area (TPSA) is 12.0 Å². The summed E-state index contributed by atoms with van der Waals surface area (Å²) in [7, 11) is 0. The molecule has 3 aliphatic carbocycles. The van der Waals surface area contributed by atoms with Crippen molar-refractivity contribution in [3.63, 3.8) is 0 Å². The zero-order valence-electron chi connectivity index (χ0n) is 12.5. The monoisotopic (exact) mass is 269 g/mol. The van der Waals surface area contributed by atoms with Gasteiger partial charge in [0.15, 0.2) is 0 Å². The molecule has 3 aliphatic rings. The van der Waals surface area contributed by atoms with Crippen molar-refractivity contribution in [1.82, 2.24) is 5.32 Å². The number of hydrogen-bond acceptors (Lipinski definition) is 1. The van der Waals surface area contributed by atoms with E-state index < -0.39 is 0 Å². The molecule has 1 aromatic rings. The fourth-order valence-corrected chi connectivity index (χ4v) is 4.08. The molecule has 3 fully saturated rings. The molecule has 0 aromatic heterocycles. The molecule has 0 heterocycles. The van der Waals surface area contributed by atoms with Crippen LogP contribution < -0.4 is 5.32 Å². The van der Waals surface area contributed by atoms with Crippen LogP contribution in [0.2, 0.25) is 0 Å². The van der Waals surface area contributed by atoms with Gasteiger partial charge in [-0.25, -0.2) is 0 Å². The van der Waals surface area contributed by atoms with Crippen molar-refractivity contribution >= 4 is 0 Å². The molecule has 1 N–H and O–H groups in total. The molecule has 0 radical (unpaired) electrons. The van der Waals surface area contributed by atoms with E-state index in [0.717, 1.165) is 23.8 Å². The highest BCUT2D eigenvalue weighted by atomic mass is 14.9. The molecule has 0 aliphatic heterocycles. The van der Waals surface area contributed by atoms with Crippen LogP contribution in [-0.2, 0) is 0 Å². The van der Waals surface area contributed by atoms with E-state index in [4.69, 9.17) is 0 Å². The average Bonchev–Trinajstić information content (AvgIpc) is 3.13. The lowest BCUT2D eigenvalue weighted by molar-refractivity contribution is 0.419. The molecule has 1 nitrogen and oxygen atoms in total. The summed E-state index contributed by atoms with van der Waals surface area (Å²) >= 11 is 0. The van der Waals surface area contributed by atoms with Crippen LogP contribution in [0.25, 0.3) is 0 Å². The second-order valence-corrected chi connectivity index (χ2v) is 7.27. The SMILES string of the molecule is c1cc(C2CCCC2CNC2CC2)ccc1C1CCC1. The van der Waals surface area contributed by atoms with Gasteiger partial charge in [-0.05, 0) is 74.0 Å². The quantitative estimate of drug-likeness (QED) is 0.824. The molecule has 0 spiro atoms. The molecule has 2 unspecified atom stereocenters. The molecule has 1 heteroatoms. The molecule has 20 heavy (non-hydrogen) atoms. The molecule has 0 saturated heterocycles. The van der Waals surface area contributed by atoms with Gasteiger partial charge in [-0.2, -0.15) is 0 Å². The summed E-state index contributed by atoms with van der Waals surface area (Å²) in [6.45, 7) is 1.25. The van der Waals surface area contributed by atoms with Crippen LogP contribution in [0.4, 0.5) is 0 Å². The molecule has 3 saturated carbocycles. The maximum absolute atomic E-state index is 3.75. The Morgan fingerprint density at radius 3 is 2.15 bits per heavy atom. The van der Waals surface area contributed by atoms with E-state index in [0.29, 0.717) is 0 Å². The maximum Gasteiger partial charge on any atom is 0.00683 e. The fraction of sp³-hybridized carbons (Fsp3) is 0.684. The van der Waals surface area contributed by atoms with E-state index in [9.17, 15) is 0 Å². The lowest BCUT2D eigenvalue weighted by atomic mass is 9.79. The summed E-state index contributed by atoms with van der Waals surface area (Å²) in [6, 6.07) is 10.6. The number of nitrogens with one attached hydrogen (secondary N) is 1. The molecule has 4 rings (SSSR count). The first-order chi connectivity index (χ1) is 9.90. The van der Waals surface area contributed by atoms with Crippen molar-refractivity contribution in [2.75, 3.05) is 6.54 Å². The van der Waals surface area contributed by atoms with Gasteiger partial charge in [-0.1, -0.05) is 37.1 Å². The highest BCUT2D eigenvalue weighted by molar-refractivity contribution is 5.29. The molecule has 1 aromatic carbocycles. The third-order valence-electron chi connectivity index (χ3n) is 5.85. The Labute approximate surface area is 123 Å². The Morgan fingerprint density at radius 2 is 1.50 bits per heavy atom. The zero-order chi connectivity index (χ0) is 13.4. The zero-order valence-corrected chi connectivity index (χ0v) is 12.5. The van der Waals surface area contributed by atoms with Crippen molar-refractivity contribution in [2.45, 2.75) is 69.2 Å². The molecular weight excluding hydrogens is 242 g/mol. The Morgan fingerprint density at radius 1 is 0.800 bits per heavy atom. The highest BCUT2D eigenvalue weighted by Crippen LogP contribution is 2.41. The van der Waals surface area contributed by atoms with E-state index in [1.54, 1.807) is 11.1 Å². The van der Waals surface area contributed by atoms with Gasteiger partial charge in [0.1, 0.15) is 0 Å². The second-order valence-electron chi connectivity index (χ2n) is 7.27. The van der Waals surface area contributed by atoms with Gasteiger partial charge in [0.25, 0.3) is 0 Å². The van der Waals surface area contributed by atoms with Crippen LogP contribution in [0.5, 0.6) is 0 Å². The van der Waals surface area contributed by atoms with Gasteiger partial charge in [0.2, 0.25) is 0 Å². The van der Waals surface area contributed by atoms with Crippen molar-refractivity contribution in [3.05, 3.63) is 35.4 Å². The Bertz CT molecular complexity index is 441. The first-order valence-electron chi connectivity index (χ1n) is 8.73. The third kappa shape index (κ3) is 2.65. The Hall–Kier alpha value is -0.820. The van der Waals surface area contributed by atoms with Crippen LogP contribution in [-0.4, -0.2) is 12.6 Å². The van der Waals surface area contributed by atoms with Gasteiger partial charge >= 0.3 is 0 Å². The lowest BCUT2D eigenvalue weighted by Gasteiger charge is -2.26. The molecule has 2 atom stereocenters. The standard InChI is InChI=1S/C19H27N/c1-3-14(4-1)15-7-9-16(10-8-15)19-6-2-5-17(19)13-20-18-11-12-18/h7-10,14,17-20H,1-6,11-13H2. The highest BCUT2D eigenvalue weighted by Gasteiger charge is 2.30. The van der Waals surface area contributed by atoms with Crippen molar-refractivity contribution < 1.29 is 0 Å². The lowest BCUT2D eigenvalue weighted by Crippen LogP contribution is -2.26. The smallest absolute Gasteiger partial charge is 0.00683 e. The summed E-state index contributed by atoms with van der Waals surface area (Å²) in [5.41, 5.74) is 3.19. The second kappa shape index (κ2) is 5.52. The third-order valence-corrected chi connectivity index (χ3v) is 5.85. The minimum Gasteiger partial charge on any atom is -0.314 e. The average molecular weight is 269 g/mol. The fourth-order valence-electron chi connectivity index (χ4n) is 4.08. The van der Waals surface area contributed by atoms with Gasteiger partial charge in [0, 0.05) is 6.04 Å². The van der Waals surface area contributed by atoms with E-state index >= 15 is 0 Å². The molecular formula is C19H27N. The first kappa shape index (κ1) is 12.9. The minimum atomic E-state index is 0.816. The van der Waals surface area contributed by atoms with Crippen molar-refractivity contribution in [1.29, 1.82) is 0 Å². The number of benzene rings is 1. The van der Waals surface area contributed by atoms with Crippen LogP contribution in [0.1, 0.15) is 74.3 Å². The number of hydrogen-bond donors (Lipinski definition) is 1. The summed E-state index contributed by atoms with van der Waals surface area (Å²) in [5, 5.41) is 3.75. The summed E-state index contributed by atoms with van der Waals surface area (Å²) in [4.78, 5) is 0. The van der Waals surface area contributed by atoms with E-state index in [-0.39, 0.29) is 0 Å². The van der Waals surface area contributed by atoms with Crippen LogP contribution in [0.15, 0.2) is 24.3 Å². The summed E-state index contributed by atoms with van der Waals surface area (Å²) in [6.07, 6.45) is 11.3. The van der Waals surface area contributed by atoms with Crippen molar-refractivity contribution in [2.24, 2.45) is 5.92 Å². The van der Waals surface area contributed by atoms with E-state index in [1.807, 2.05) is 0 Å². The predicted molar refractivity (Wildman–Crippen MR) is 84.1 cm³/mol. The molecule has 0 amide bonds. The summed E-state index contributed by atoms with van der Waals surface area (Å²) < 4.78 is 0. The van der Waals surface area contributed by atoms with Gasteiger partial charge in [-0.3, -0.25) is 0 Å². The van der Waals surface area contributed by atoms with E-state index in [2.05, 4.69) is 29.6 Å².